The summed E-state index contributed by atoms with van der Waals surface area (Å²) in [6, 6.07) is 0. The maximum absolute atomic E-state index is 12.0. The van der Waals surface area contributed by atoms with Crippen molar-refractivity contribution in [3.8, 4) is 0 Å². The SMILES string of the molecule is COC(=O)CN(C(=O)OC(C)(C)C)c1cnccn1. The maximum Gasteiger partial charge on any atom is 0.416 e. The molecule has 0 saturated carbocycles. The Labute approximate surface area is 111 Å². The van der Waals surface area contributed by atoms with Gasteiger partial charge in [0.1, 0.15) is 12.1 Å². The minimum Gasteiger partial charge on any atom is -0.468 e. The van der Waals surface area contributed by atoms with Gasteiger partial charge in [0.15, 0.2) is 5.82 Å². The van der Waals surface area contributed by atoms with Gasteiger partial charge in [-0.05, 0) is 20.8 Å². The van der Waals surface area contributed by atoms with Crippen LogP contribution in [0, 0.1) is 0 Å². The van der Waals surface area contributed by atoms with Crippen LogP contribution in [0.5, 0.6) is 0 Å². The van der Waals surface area contributed by atoms with Crippen molar-refractivity contribution in [3.05, 3.63) is 18.6 Å². The summed E-state index contributed by atoms with van der Waals surface area (Å²) in [4.78, 5) is 32.3. The Balaban J connectivity index is 2.93. The predicted octanol–water partition coefficient (Wildman–Crippen LogP) is 1.39. The van der Waals surface area contributed by atoms with Crippen LogP contribution in [-0.4, -0.2) is 41.3 Å². The number of esters is 1. The summed E-state index contributed by atoms with van der Waals surface area (Å²) in [7, 11) is 1.24. The third-order valence-electron chi connectivity index (χ3n) is 1.95. The summed E-state index contributed by atoms with van der Waals surface area (Å²) in [5.41, 5.74) is -0.673. The first kappa shape index (κ1) is 14.9. The van der Waals surface area contributed by atoms with Crippen LogP contribution in [0.4, 0.5) is 10.6 Å². The van der Waals surface area contributed by atoms with Crippen molar-refractivity contribution in [2.24, 2.45) is 0 Å². The lowest BCUT2D eigenvalue weighted by molar-refractivity contribution is -0.139. The minimum absolute atomic E-state index is 0.224. The first-order chi connectivity index (χ1) is 8.83. The van der Waals surface area contributed by atoms with Gasteiger partial charge in [-0.15, -0.1) is 0 Å². The molecular formula is C12H17N3O4. The highest BCUT2D eigenvalue weighted by atomic mass is 16.6. The average Bonchev–Trinajstić information content (AvgIpc) is 2.34. The second kappa shape index (κ2) is 6.12. The van der Waals surface area contributed by atoms with E-state index in [1.807, 2.05) is 0 Å². The van der Waals surface area contributed by atoms with Gasteiger partial charge in [-0.25, -0.2) is 14.7 Å². The topological polar surface area (TPSA) is 81.6 Å². The van der Waals surface area contributed by atoms with Crippen LogP contribution in [0.25, 0.3) is 0 Å². The van der Waals surface area contributed by atoms with Gasteiger partial charge in [-0.2, -0.15) is 0 Å². The first-order valence-electron chi connectivity index (χ1n) is 5.67. The molecule has 0 N–H and O–H groups in total. The van der Waals surface area contributed by atoms with E-state index in [4.69, 9.17) is 4.74 Å². The van der Waals surface area contributed by atoms with E-state index in [0.29, 0.717) is 0 Å². The molecule has 1 amide bonds. The Hall–Kier alpha value is -2.18. The van der Waals surface area contributed by atoms with Crippen molar-refractivity contribution in [1.82, 2.24) is 9.97 Å². The van der Waals surface area contributed by atoms with Crippen molar-refractivity contribution in [2.45, 2.75) is 26.4 Å². The molecule has 0 aliphatic heterocycles. The first-order valence-corrected chi connectivity index (χ1v) is 5.67. The van der Waals surface area contributed by atoms with Crippen LogP contribution in [-0.2, 0) is 14.3 Å². The highest BCUT2D eigenvalue weighted by Crippen LogP contribution is 2.14. The quantitative estimate of drug-likeness (QED) is 0.770. The van der Waals surface area contributed by atoms with E-state index in [9.17, 15) is 9.59 Å². The molecule has 1 rings (SSSR count). The summed E-state index contributed by atoms with van der Waals surface area (Å²) < 4.78 is 9.76. The second-order valence-corrected chi connectivity index (χ2v) is 4.71. The summed E-state index contributed by atoms with van der Waals surface area (Å²) in [6.45, 7) is 4.91. The van der Waals surface area contributed by atoms with Gasteiger partial charge >= 0.3 is 12.1 Å². The maximum atomic E-state index is 12.0. The molecule has 0 saturated heterocycles. The molecule has 0 atom stereocenters. The Kier molecular flexibility index (Phi) is 4.80. The molecule has 0 aliphatic rings. The highest BCUT2D eigenvalue weighted by molar-refractivity contribution is 5.92. The largest absolute Gasteiger partial charge is 0.468 e. The second-order valence-electron chi connectivity index (χ2n) is 4.71. The molecule has 0 fully saturated rings. The normalized spacial score (nSPS) is 10.7. The lowest BCUT2D eigenvalue weighted by atomic mass is 10.2. The number of carbonyl (C=O) groups excluding carboxylic acids is 2. The van der Waals surface area contributed by atoms with Crippen LogP contribution < -0.4 is 4.90 Å². The molecule has 7 nitrogen and oxygen atoms in total. The number of nitrogens with zero attached hydrogens (tertiary/aromatic N) is 3. The Morgan fingerprint density at radius 3 is 2.47 bits per heavy atom. The average molecular weight is 267 g/mol. The zero-order valence-corrected chi connectivity index (χ0v) is 11.4. The van der Waals surface area contributed by atoms with Gasteiger partial charge in [-0.3, -0.25) is 9.78 Å². The Morgan fingerprint density at radius 1 is 1.32 bits per heavy atom. The van der Waals surface area contributed by atoms with Crippen LogP contribution >= 0.6 is 0 Å². The molecule has 0 unspecified atom stereocenters. The van der Waals surface area contributed by atoms with E-state index >= 15 is 0 Å². The number of methoxy groups -OCH3 is 1. The van der Waals surface area contributed by atoms with Gasteiger partial charge < -0.3 is 9.47 Å². The van der Waals surface area contributed by atoms with Crippen LogP contribution in [0.15, 0.2) is 18.6 Å². The predicted molar refractivity (Wildman–Crippen MR) is 67.6 cm³/mol. The number of rotatable bonds is 3. The Bertz CT molecular complexity index is 442. The molecule has 0 radical (unpaired) electrons. The van der Waals surface area contributed by atoms with Gasteiger partial charge in [0.25, 0.3) is 0 Å². The molecule has 19 heavy (non-hydrogen) atoms. The Morgan fingerprint density at radius 2 is 2.00 bits per heavy atom. The van der Waals surface area contributed by atoms with Gasteiger partial charge in [-0.1, -0.05) is 0 Å². The van der Waals surface area contributed by atoms with E-state index in [1.165, 1.54) is 25.7 Å². The van der Waals surface area contributed by atoms with Gasteiger partial charge in [0.05, 0.1) is 13.3 Å². The number of carbonyl (C=O) groups is 2. The summed E-state index contributed by atoms with van der Waals surface area (Å²) in [5.74, 6) is -0.348. The van der Waals surface area contributed by atoms with Gasteiger partial charge in [0.2, 0.25) is 0 Å². The summed E-state index contributed by atoms with van der Waals surface area (Å²) >= 11 is 0. The molecule has 1 heterocycles. The lowest BCUT2D eigenvalue weighted by Gasteiger charge is -2.25. The van der Waals surface area contributed by atoms with Crippen molar-refractivity contribution in [1.29, 1.82) is 0 Å². The van der Waals surface area contributed by atoms with Crippen molar-refractivity contribution >= 4 is 17.9 Å². The molecule has 0 aromatic carbocycles. The van der Waals surface area contributed by atoms with Crippen LogP contribution in [0.3, 0.4) is 0 Å². The van der Waals surface area contributed by atoms with Crippen LogP contribution in [0.1, 0.15) is 20.8 Å². The number of ether oxygens (including phenoxy) is 2. The molecule has 104 valence electrons. The zero-order valence-electron chi connectivity index (χ0n) is 11.4. The lowest BCUT2D eigenvalue weighted by Crippen LogP contribution is -2.40. The molecule has 1 aromatic heterocycles. The van der Waals surface area contributed by atoms with Gasteiger partial charge in [0, 0.05) is 12.4 Å². The standard InChI is InChI=1S/C12H17N3O4/c1-12(2,3)19-11(17)15(8-10(16)18-4)9-7-13-5-6-14-9/h5-7H,8H2,1-4H3. The third kappa shape index (κ3) is 4.90. The number of amides is 1. The molecule has 1 aromatic rings. The van der Waals surface area contributed by atoms with E-state index in [-0.39, 0.29) is 12.4 Å². The van der Waals surface area contributed by atoms with E-state index in [1.54, 1.807) is 20.8 Å². The van der Waals surface area contributed by atoms with Crippen LogP contribution in [0.2, 0.25) is 0 Å². The molecule has 0 bridgehead atoms. The molecule has 0 aliphatic carbocycles. The number of hydrogen-bond acceptors (Lipinski definition) is 6. The summed E-state index contributed by atoms with van der Waals surface area (Å²) in [5, 5.41) is 0. The number of anilines is 1. The highest BCUT2D eigenvalue weighted by Gasteiger charge is 2.26. The van der Waals surface area contributed by atoms with E-state index in [2.05, 4.69) is 14.7 Å². The smallest absolute Gasteiger partial charge is 0.416 e. The van der Waals surface area contributed by atoms with Crippen molar-refractivity contribution in [2.75, 3.05) is 18.6 Å². The molecule has 7 heteroatoms. The fourth-order valence-corrected chi connectivity index (χ4v) is 1.18. The van der Waals surface area contributed by atoms with E-state index in [0.717, 1.165) is 4.90 Å². The molecule has 0 spiro atoms. The van der Waals surface area contributed by atoms with E-state index < -0.39 is 17.7 Å². The van der Waals surface area contributed by atoms with Crippen molar-refractivity contribution < 1.29 is 19.1 Å². The number of hydrogen-bond donors (Lipinski definition) is 0. The van der Waals surface area contributed by atoms with Crippen molar-refractivity contribution in [3.63, 3.8) is 0 Å². The fraction of sp³-hybridized carbons (Fsp3) is 0.500. The summed E-state index contributed by atoms with van der Waals surface area (Å²) in [6.07, 6.45) is 3.57. The fourth-order valence-electron chi connectivity index (χ4n) is 1.18. The number of aromatic nitrogens is 2. The monoisotopic (exact) mass is 267 g/mol. The third-order valence-corrected chi connectivity index (χ3v) is 1.95. The molecular weight excluding hydrogens is 250 g/mol. The zero-order chi connectivity index (χ0) is 14.5. The minimum atomic E-state index is -0.682.